The Balaban J connectivity index is 1.53. The van der Waals surface area contributed by atoms with Crippen molar-refractivity contribution in [2.24, 2.45) is 0 Å². The van der Waals surface area contributed by atoms with Gasteiger partial charge in [-0.2, -0.15) is 0 Å². The first-order valence-corrected chi connectivity index (χ1v) is 8.76. The lowest BCUT2D eigenvalue weighted by atomic mass is 10.1. The maximum Gasteiger partial charge on any atom is 0.220 e. The summed E-state index contributed by atoms with van der Waals surface area (Å²) in [7, 11) is 1.60. The number of hydrogen-bond acceptors (Lipinski definition) is 4. The summed E-state index contributed by atoms with van der Waals surface area (Å²) in [4.78, 5) is 16.1. The van der Waals surface area contributed by atoms with Crippen molar-refractivity contribution in [1.29, 1.82) is 0 Å². The molecule has 28 heavy (non-hydrogen) atoms. The van der Waals surface area contributed by atoms with Gasteiger partial charge >= 0.3 is 0 Å². The van der Waals surface area contributed by atoms with Gasteiger partial charge in [0.25, 0.3) is 0 Å². The fraction of sp³-hybridized carbons (Fsp3) is 0.238. The van der Waals surface area contributed by atoms with Crippen LogP contribution in [0.25, 0.3) is 11.3 Å². The zero-order valence-electron chi connectivity index (χ0n) is 15.6. The molecular weight excluding hydrogens is 366 g/mol. The van der Waals surface area contributed by atoms with E-state index >= 15 is 0 Å². The fourth-order valence-electron chi connectivity index (χ4n) is 2.72. The Hall–Kier alpha value is -3.22. The Bertz CT molecular complexity index is 986. The summed E-state index contributed by atoms with van der Waals surface area (Å²) in [5.41, 5.74) is 2.08. The van der Waals surface area contributed by atoms with Crippen LogP contribution in [-0.4, -0.2) is 18.0 Å². The second-order valence-corrected chi connectivity index (χ2v) is 6.32. The average Bonchev–Trinajstić information content (AvgIpc) is 3.14. The van der Waals surface area contributed by atoms with Crippen LogP contribution in [-0.2, 0) is 17.8 Å². The van der Waals surface area contributed by atoms with Crippen LogP contribution in [0.4, 0.5) is 8.78 Å². The van der Waals surface area contributed by atoms with E-state index in [1.807, 2.05) is 25.1 Å². The first-order chi connectivity index (χ1) is 13.5. The van der Waals surface area contributed by atoms with E-state index < -0.39 is 11.6 Å². The van der Waals surface area contributed by atoms with Crippen LogP contribution in [0.15, 0.2) is 47.0 Å². The van der Waals surface area contributed by atoms with Gasteiger partial charge in [-0.15, -0.1) is 0 Å². The normalized spacial score (nSPS) is 10.7. The number of benzene rings is 2. The molecule has 2 aromatic carbocycles. The number of rotatable bonds is 7. The molecule has 3 rings (SSSR count). The molecular formula is C21H20F2N2O3. The van der Waals surface area contributed by atoms with Crippen molar-refractivity contribution in [2.45, 2.75) is 26.3 Å². The molecule has 0 saturated heterocycles. The van der Waals surface area contributed by atoms with E-state index in [-0.39, 0.29) is 30.1 Å². The zero-order chi connectivity index (χ0) is 20.1. The van der Waals surface area contributed by atoms with Gasteiger partial charge in [-0.1, -0.05) is 12.1 Å². The second kappa shape index (κ2) is 8.65. The quantitative estimate of drug-likeness (QED) is 0.661. The molecule has 3 aromatic rings. The monoisotopic (exact) mass is 386 g/mol. The molecule has 0 spiro atoms. The summed E-state index contributed by atoms with van der Waals surface area (Å²) >= 11 is 0. The summed E-state index contributed by atoms with van der Waals surface area (Å²) in [6.45, 7) is 2.33. The van der Waals surface area contributed by atoms with Crippen molar-refractivity contribution in [3.63, 3.8) is 0 Å². The van der Waals surface area contributed by atoms with Crippen LogP contribution < -0.4 is 10.1 Å². The number of carbonyl (C=O) groups is 1. The molecule has 1 heterocycles. The average molecular weight is 386 g/mol. The number of aromatic nitrogens is 1. The highest BCUT2D eigenvalue weighted by molar-refractivity contribution is 5.76. The van der Waals surface area contributed by atoms with Crippen molar-refractivity contribution >= 4 is 5.91 Å². The van der Waals surface area contributed by atoms with E-state index in [0.717, 1.165) is 29.0 Å². The van der Waals surface area contributed by atoms with Crippen LogP contribution in [0.5, 0.6) is 5.75 Å². The van der Waals surface area contributed by atoms with Crippen LogP contribution in [0.2, 0.25) is 0 Å². The standard InChI is InChI=1S/C21H20F2N2O3/c1-13-3-4-14(9-18(13)27-2)11-24-20(26)7-8-21-25-12-19(28-21)16-6-5-15(22)10-17(16)23/h3-6,9-10,12H,7-8,11H2,1-2H3,(H,24,26). The van der Waals surface area contributed by atoms with Crippen molar-refractivity contribution in [2.75, 3.05) is 7.11 Å². The minimum Gasteiger partial charge on any atom is -0.496 e. The molecule has 0 bridgehead atoms. The van der Waals surface area contributed by atoms with Gasteiger partial charge in [0, 0.05) is 25.5 Å². The lowest BCUT2D eigenvalue weighted by molar-refractivity contribution is -0.121. The molecule has 146 valence electrons. The van der Waals surface area contributed by atoms with Crippen LogP contribution in [0.1, 0.15) is 23.4 Å². The smallest absolute Gasteiger partial charge is 0.220 e. The van der Waals surface area contributed by atoms with E-state index in [1.165, 1.54) is 12.3 Å². The van der Waals surface area contributed by atoms with E-state index in [0.29, 0.717) is 12.4 Å². The van der Waals surface area contributed by atoms with Crippen molar-refractivity contribution in [3.05, 3.63) is 71.2 Å². The number of ether oxygens (including phenoxy) is 1. The number of nitrogens with zero attached hydrogens (tertiary/aromatic N) is 1. The largest absolute Gasteiger partial charge is 0.496 e. The lowest BCUT2D eigenvalue weighted by Crippen LogP contribution is -2.23. The summed E-state index contributed by atoms with van der Waals surface area (Å²) in [6, 6.07) is 8.96. The van der Waals surface area contributed by atoms with Gasteiger partial charge in [0.05, 0.1) is 18.9 Å². The minimum absolute atomic E-state index is 0.123. The number of nitrogens with one attached hydrogen (secondary N) is 1. The van der Waals surface area contributed by atoms with Gasteiger partial charge in [0.1, 0.15) is 17.4 Å². The van der Waals surface area contributed by atoms with Gasteiger partial charge in [-0.25, -0.2) is 13.8 Å². The highest BCUT2D eigenvalue weighted by Crippen LogP contribution is 2.24. The predicted octanol–water partition coefficient (Wildman–Crippen LogP) is 4.19. The Kier molecular flexibility index (Phi) is 6.03. The SMILES string of the molecule is COc1cc(CNC(=O)CCc2ncc(-c3ccc(F)cc3F)o2)ccc1C. The molecule has 0 saturated carbocycles. The molecule has 1 N–H and O–H groups in total. The van der Waals surface area contributed by atoms with Crippen LogP contribution in [0.3, 0.4) is 0 Å². The van der Waals surface area contributed by atoms with Crippen LogP contribution >= 0.6 is 0 Å². The number of methoxy groups -OCH3 is 1. The topological polar surface area (TPSA) is 64.4 Å². The molecule has 1 amide bonds. The van der Waals surface area contributed by atoms with Gasteiger partial charge in [0.15, 0.2) is 11.7 Å². The van der Waals surface area contributed by atoms with Gasteiger partial charge in [-0.3, -0.25) is 4.79 Å². The molecule has 1 aromatic heterocycles. The number of carbonyl (C=O) groups excluding carboxylic acids is 1. The van der Waals surface area contributed by atoms with E-state index in [1.54, 1.807) is 7.11 Å². The third-order valence-electron chi connectivity index (χ3n) is 4.28. The highest BCUT2D eigenvalue weighted by Gasteiger charge is 2.13. The number of halogens is 2. The molecule has 0 aliphatic rings. The lowest BCUT2D eigenvalue weighted by Gasteiger charge is -2.08. The highest BCUT2D eigenvalue weighted by atomic mass is 19.1. The molecule has 0 atom stereocenters. The van der Waals surface area contributed by atoms with E-state index in [9.17, 15) is 13.6 Å². The number of aryl methyl sites for hydroxylation is 2. The first kappa shape index (κ1) is 19.5. The number of oxazole rings is 1. The molecule has 0 aliphatic heterocycles. The third kappa shape index (κ3) is 4.73. The Morgan fingerprint density at radius 3 is 2.79 bits per heavy atom. The summed E-state index contributed by atoms with van der Waals surface area (Å²) in [5.74, 6) is -0.275. The minimum atomic E-state index is -0.728. The van der Waals surface area contributed by atoms with Crippen molar-refractivity contribution < 1.29 is 22.7 Å². The Labute approximate surface area is 161 Å². The Morgan fingerprint density at radius 1 is 1.21 bits per heavy atom. The third-order valence-corrected chi connectivity index (χ3v) is 4.28. The van der Waals surface area contributed by atoms with E-state index in [2.05, 4.69) is 10.3 Å². The first-order valence-electron chi connectivity index (χ1n) is 8.76. The summed E-state index contributed by atoms with van der Waals surface area (Å²) in [6.07, 6.45) is 1.81. The van der Waals surface area contributed by atoms with E-state index in [4.69, 9.17) is 9.15 Å². The van der Waals surface area contributed by atoms with Crippen molar-refractivity contribution in [3.8, 4) is 17.1 Å². The molecule has 0 fully saturated rings. The van der Waals surface area contributed by atoms with Gasteiger partial charge in [-0.05, 0) is 36.2 Å². The number of amides is 1. The van der Waals surface area contributed by atoms with Crippen LogP contribution in [0, 0.1) is 18.6 Å². The maximum absolute atomic E-state index is 13.8. The zero-order valence-corrected chi connectivity index (χ0v) is 15.6. The van der Waals surface area contributed by atoms with Crippen molar-refractivity contribution in [1.82, 2.24) is 10.3 Å². The summed E-state index contributed by atoms with van der Waals surface area (Å²) in [5, 5.41) is 2.83. The number of hydrogen-bond donors (Lipinski definition) is 1. The van der Waals surface area contributed by atoms with Gasteiger partial charge < -0.3 is 14.5 Å². The Morgan fingerprint density at radius 2 is 2.04 bits per heavy atom. The second-order valence-electron chi connectivity index (χ2n) is 6.32. The molecule has 0 aliphatic carbocycles. The molecule has 7 heteroatoms. The predicted molar refractivity (Wildman–Crippen MR) is 99.8 cm³/mol. The summed E-state index contributed by atoms with van der Waals surface area (Å²) < 4.78 is 37.5. The molecule has 0 unspecified atom stereocenters. The van der Waals surface area contributed by atoms with Gasteiger partial charge in [0.2, 0.25) is 5.91 Å². The fourth-order valence-corrected chi connectivity index (χ4v) is 2.72. The maximum atomic E-state index is 13.8. The molecule has 0 radical (unpaired) electrons. The molecule has 5 nitrogen and oxygen atoms in total.